The monoisotopic (exact) mass is 290 g/mol. The SMILES string of the molecule is CC(C)(C)c1nc(CNc2ccc(C(=O)O)cc2)cs1. The molecule has 1 heterocycles. The first-order valence-electron chi connectivity index (χ1n) is 6.38. The van der Waals surface area contributed by atoms with E-state index in [1.165, 1.54) is 0 Å². The molecule has 0 bridgehead atoms. The molecule has 0 radical (unpaired) electrons. The topological polar surface area (TPSA) is 62.2 Å². The third-order valence-corrected chi connectivity index (χ3v) is 4.12. The Bertz CT molecular complexity index is 597. The molecule has 0 aliphatic carbocycles. The van der Waals surface area contributed by atoms with E-state index >= 15 is 0 Å². The van der Waals surface area contributed by atoms with Gasteiger partial charge in [0.15, 0.2) is 0 Å². The Kier molecular flexibility index (Phi) is 4.09. The highest BCUT2D eigenvalue weighted by Crippen LogP contribution is 2.25. The second-order valence-electron chi connectivity index (χ2n) is 5.63. The number of aromatic carboxylic acids is 1. The van der Waals surface area contributed by atoms with E-state index < -0.39 is 5.97 Å². The number of nitrogens with one attached hydrogen (secondary N) is 1. The van der Waals surface area contributed by atoms with Crippen LogP contribution in [0.3, 0.4) is 0 Å². The molecule has 0 unspecified atom stereocenters. The van der Waals surface area contributed by atoms with Gasteiger partial charge in [0.05, 0.1) is 22.8 Å². The van der Waals surface area contributed by atoms with Crippen molar-refractivity contribution in [3.05, 3.63) is 45.9 Å². The Hall–Kier alpha value is -1.88. The number of aromatic nitrogens is 1. The molecular weight excluding hydrogens is 272 g/mol. The van der Waals surface area contributed by atoms with Crippen molar-refractivity contribution in [2.24, 2.45) is 0 Å². The largest absolute Gasteiger partial charge is 0.478 e. The summed E-state index contributed by atoms with van der Waals surface area (Å²) in [6, 6.07) is 6.71. The summed E-state index contributed by atoms with van der Waals surface area (Å²) >= 11 is 1.67. The third kappa shape index (κ3) is 3.57. The highest BCUT2D eigenvalue weighted by Gasteiger charge is 2.17. The number of carboxylic acid groups (broad SMARTS) is 1. The second kappa shape index (κ2) is 5.63. The van der Waals surface area contributed by atoms with Gasteiger partial charge in [0, 0.05) is 16.5 Å². The van der Waals surface area contributed by atoms with Gasteiger partial charge in [-0.25, -0.2) is 9.78 Å². The molecule has 2 N–H and O–H groups in total. The van der Waals surface area contributed by atoms with Crippen molar-refractivity contribution in [3.8, 4) is 0 Å². The summed E-state index contributed by atoms with van der Waals surface area (Å²) in [6.07, 6.45) is 0. The molecule has 0 amide bonds. The van der Waals surface area contributed by atoms with Gasteiger partial charge in [-0.3, -0.25) is 0 Å². The quantitative estimate of drug-likeness (QED) is 0.900. The number of rotatable bonds is 4. The number of carbonyl (C=O) groups is 1. The Balaban J connectivity index is 1.98. The van der Waals surface area contributed by atoms with Gasteiger partial charge in [0.1, 0.15) is 0 Å². The molecule has 0 fully saturated rings. The first kappa shape index (κ1) is 14.5. The average Bonchev–Trinajstić information content (AvgIpc) is 2.85. The number of hydrogen-bond donors (Lipinski definition) is 2. The number of anilines is 1. The molecule has 1 aromatic carbocycles. The summed E-state index contributed by atoms with van der Waals surface area (Å²) in [5.74, 6) is -0.911. The van der Waals surface area contributed by atoms with E-state index in [0.29, 0.717) is 12.1 Å². The minimum Gasteiger partial charge on any atom is -0.478 e. The van der Waals surface area contributed by atoms with E-state index in [1.807, 2.05) is 0 Å². The van der Waals surface area contributed by atoms with Crippen molar-refractivity contribution in [1.29, 1.82) is 0 Å². The maximum absolute atomic E-state index is 10.8. The predicted molar refractivity (Wildman–Crippen MR) is 81.5 cm³/mol. The predicted octanol–water partition coefficient (Wildman–Crippen LogP) is 3.75. The molecular formula is C15H18N2O2S. The summed E-state index contributed by atoms with van der Waals surface area (Å²) in [4.78, 5) is 15.4. The molecule has 4 nitrogen and oxygen atoms in total. The zero-order chi connectivity index (χ0) is 14.8. The second-order valence-corrected chi connectivity index (χ2v) is 6.49. The van der Waals surface area contributed by atoms with Crippen molar-refractivity contribution in [2.45, 2.75) is 32.7 Å². The zero-order valence-corrected chi connectivity index (χ0v) is 12.6. The zero-order valence-electron chi connectivity index (χ0n) is 11.8. The molecule has 0 atom stereocenters. The van der Waals surface area contributed by atoms with Gasteiger partial charge in [-0.2, -0.15) is 0 Å². The van der Waals surface area contributed by atoms with Crippen LogP contribution in [0.25, 0.3) is 0 Å². The van der Waals surface area contributed by atoms with Crippen molar-refractivity contribution < 1.29 is 9.90 Å². The lowest BCUT2D eigenvalue weighted by Gasteiger charge is -2.13. The summed E-state index contributed by atoms with van der Waals surface area (Å²) in [5, 5.41) is 15.3. The van der Waals surface area contributed by atoms with Gasteiger partial charge in [0.25, 0.3) is 0 Å². The molecule has 2 aromatic rings. The van der Waals surface area contributed by atoms with Gasteiger partial charge < -0.3 is 10.4 Å². The van der Waals surface area contributed by atoms with Crippen LogP contribution in [0.2, 0.25) is 0 Å². The van der Waals surface area contributed by atoms with Crippen LogP contribution in [0.5, 0.6) is 0 Å². The molecule has 0 aliphatic heterocycles. The highest BCUT2D eigenvalue weighted by atomic mass is 32.1. The van der Waals surface area contributed by atoms with Crippen LogP contribution in [0, 0.1) is 0 Å². The van der Waals surface area contributed by atoms with Crippen molar-refractivity contribution >= 4 is 23.0 Å². The normalized spacial score (nSPS) is 11.3. The maximum atomic E-state index is 10.8. The Labute approximate surface area is 122 Å². The number of thiazole rings is 1. The molecule has 0 aliphatic rings. The molecule has 5 heteroatoms. The van der Waals surface area contributed by atoms with Crippen LogP contribution in [0.4, 0.5) is 5.69 Å². The van der Waals surface area contributed by atoms with Crippen LogP contribution in [0.1, 0.15) is 41.8 Å². The Morgan fingerprint density at radius 1 is 1.30 bits per heavy atom. The summed E-state index contributed by atoms with van der Waals surface area (Å²) < 4.78 is 0. The summed E-state index contributed by atoms with van der Waals surface area (Å²) in [7, 11) is 0. The molecule has 20 heavy (non-hydrogen) atoms. The van der Waals surface area contributed by atoms with E-state index in [-0.39, 0.29) is 5.41 Å². The Morgan fingerprint density at radius 3 is 2.45 bits per heavy atom. The van der Waals surface area contributed by atoms with Crippen molar-refractivity contribution in [1.82, 2.24) is 4.98 Å². The fourth-order valence-electron chi connectivity index (χ4n) is 1.66. The van der Waals surface area contributed by atoms with Gasteiger partial charge in [-0.05, 0) is 24.3 Å². The summed E-state index contributed by atoms with van der Waals surface area (Å²) in [5.41, 5.74) is 2.26. The maximum Gasteiger partial charge on any atom is 0.335 e. The van der Waals surface area contributed by atoms with Crippen molar-refractivity contribution in [3.63, 3.8) is 0 Å². The van der Waals surface area contributed by atoms with E-state index in [9.17, 15) is 4.79 Å². The molecule has 0 spiro atoms. The van der Waals surface area contributed by atoms with Crippen molar-refractivity contribution in [2.75, 3.05) is 5.32 Å². The average molecular weight is 290 g/mol. The van der Waals surface area contributed by atoms with Crippen LogP contribution >= 0.6 is 11.3 Å². The lowest BCUT2D eigenvalue weighted by Crippen LogP contribution is -2.11. The van der Waals surface area contributed by atoms with E-state index in [4.69, 9.17) is 5.11 Å². The minimum atomic E-state index is -0.911. The van der Waals surface area contributed by atoms with Crippen LogP contribution in [0.15, 0.2) is 29.6 Å². The molecule has 0 saturated heterocycles. The number of hydrogen-bond acceptors (Lipinski definition) is 4. The van der Waals surface area contributed by atoms with Gasteiger partial charge in [-0.15, -0.1) is 11.3 Å². The van der Waals surface area contributed by atoms with Crippen LogP contribution in [-0.2, 0) is 12.0 Å². The number of nitrogens with zero attached hydrogens (tertiary/aromatic N) is 1. The fraction of sp³-hybridized carbons (Fsp3) is 0.333. The van der Waals surface area contributed by atoms with E-state index in [2.05, 4.69) is 36.5 Å². The van der Waals surface area contributed by atoms with E-state index in [0.717, 1.165) is 16.4 Å². The first-order valence-corrected chi connectivity index (χ1v) is 7.26. The van der Waals surface area contributed by atoms with E-state index in [1.54, 1.807) is 35.6 Å². The van der Waals surface area contributed by atoms with Gasteiger partial charge >= 0.3 is 5.97 Å². The first-order chi connectivity index (χ1) is 9.36. The molecule has 106 valence electrons. The fourth-order valence-corrected chi connectivity index (χ4v) is 2.56. The minimum absolute atomic E-state index is 0.0754. The highest BCUT2D eigenvalue weighted by molar-refractivity contribution is 7.09. The lowest BCUT2D eigenvalue weighted by molar-refractivity contribution is 0.0697. The summed E-state index contributed by atoms with van der Waals surface area (Å²) in [6.45, 7) is 7.08. The van der Waals surface area contributed by atoms with Crippen LogP contribution in [-0.4, -0.2) is 16.1 Å². The molecule has 1 aromatic heterocycles. The molecule has 0 saturated carbocycles. The third-order valence-electron chi connectivity index (χ3n) is 2.80. The number of benzene rings is 1. The lowest BCUT2D eigenvalue weighted by atomic mass is 9.98. The smallest absolute Gasteiger partial charge is 0.335 e. The number of carboxylic acids is 1. The Morgan fingerprint density at radius 2 is 1.95 bits per heavy atom. The van der Waals surface area contributed by atoms with Gasteiger partial charge in [-0.1, -0.05) is 20.8 Å². The van der Waals surface area contributed by atoms with Gasteiger partial charge in [0.2, 0.25) is 0 Å². The van der Waals surface area contributed by atoms with Crippen LogP contribution < -0.4 is 5.32 Å². The standard InChI is InChI=1S/C15H18N2O2S/c1-15(2,3)14-17-12(9-20-14)8-16-11-6-4-10(5-7-11)13(18)19/h4-7,9,16H,8H2,1-3H3,(H,18,19). The molecule has 2 rings (SSSR count).